The molecule has 0 saturated carbocycles. The predicted octanol–water partition coefficient (Wildman–Crippen LogP) is 2.49. The fourth-order valence-corrected chi connectivity index (χ4v) is 3.24. The van der Waals surface area contributed by atoms with Gasteiger partial charge < -0.3 is 9.64 Å². The molecule has 0 N–H and O–H groups in total. The number of nitriles is 1. The quantitative estimate of drug-likeness (QED) is 0.770. The summed E-state index contributed by atoms with van der Waals surface area (Å²) in [6.45, 7) is 4.02. The molecule has 0 aromatic heterocycles. The van der Waals surface area contributed by atoms with E-state index < -0.39 is 5.41 Å². The Hall–Kier alpha value is -1.08. The summed E-state index contributed by atoms with van der Waals surface area (Å²) in [6.07, 6.45) is 6.64. The van der Waals surface area contributed by atoms with Gasteiger partial charge in [-0.3, -0.25) is 4.79 Å². The van der Waals surface area contributed by atoms with Gasteiger partial charge in [-0.15, -0.1) is 0 Å². The van der Waals surface area contributed by atoms with Crippen molar-refractivity contribution in [2.75, 3.05) is 19.8 Å². The smallest absolute Gasteiger partial charge is 0.243 e. The topological polar surface area (TPSA) is 53.3 Å². The van der Waals surface area contributed by atoms with Gasteiger partial charge in [0.2, 0.25) is 5.91 Å². The monoisotopic (exact) mass is 264 g/mol. The number of hydrogen-bond donors (Lipinski definition) is 0. The first-order chi connectivity index (χ1) is 9.23. The van der Waals surface area contributed by atoms with Gasteiger partial charge in [-0.25, -0.2) is 0 Å². The summed E-state index contributed by atoms with van der Waals surface area (Å²) in [5, 5.41) is 9.52. The molecule has 1 amide bonds. The molecule has 2 fully saturated rings. The highest BCUT2D eigenvalue weighted by molar-refractivity contribution is 5.86. The van der Waals surface area contributed by atoms with Gasteiger partial charge in [-0.2, -0.15) is 5.26 Å². The molecule has 0 radical (unpaired) electrons. The summed E-state index contributed by atoms with van der Waals surface area (Å²) < 4.78 is 5.32. The van der Waals surface area contributed by atoms with E-state index in [0.717, 1.165) is 25.8 Å². The normalized spacial score (nSPS) is 27.4. The molecule has 0 aromatic rings. The third-order valence-corrected chi connectivity index (χ3v) is 4.58. The van der Waals surface area contributed by atoms with Crippen LogP contribution in [-0.4, -0.2) is 36.6 Å². The summed E-state index contributed by atoms with van der Waals surface area (Å²) in [4.78, 5) is 14.9. The molecular formula is C15H24N2O2. The van der Waals surface area contributed by atoms with E-state index in [1.165, 1.54) is 12.8 Å². The minimum atomic E-state index is -0.823. The first kappa shape index (κ1) is 14.3. The van der Waals surface area contributed by atoms with Gasteiger partial charge >= 0.3 is 0 Å². The van der Waals surface area contributed by atoms with Crippen molar-refractivity contribution in [3.63, 3.8) is 0 Å². The van der Waals surface area contributed by atoms with Crippen molar-refractivity contribution in [1.29, 1.82) is 5.26 Å². The molecule has 0 aromatic carbocycles. The molecular weight excluding hydrogens is 240 g/mol. The van der Waals surface area contributed by atoms with Gasteiger partial charge in [0.05, 0.1) is 6.07 Å². The molecule has 106 valence electrons. The molecule has 2 saturated heterocycles. The summed E-state index contributed by atoms with van der Waals surface area (Å²) in [7, 11) is 0. The number of hydrogen-bond acceptors (Lipinski definition) is 3. The van der Waals surface area contributed by atoms with E-state index in [-0.39, 0.29) is 5.91 Å². The maximum absolute atomic E-state index is 12.9. The Bertz CT molecular complexity index is 356. The van der Waals surface area contributed by atoms with Gasteiger partial charge in [-0.05, 0) is 32.1 Å². The van der Waals surface area contributed by atoms with Crippen LogP contribution in [0.3, 0.4) is 0 Å². The standard InChI is InChI=1S/C15H24N2O2/c1-2-13-6-4-3-5-9-17(13)14(18)15(12-16)7-10-19-11-8-15/h13H,2-11H2,1H3. The fourth-order valence-electron chi connectivity index (χ4n) is 3.24. The van der Waals surface area contributed by atoms with Crippen LogP contribution in [0.5, 0.6) is 0 Å². The molecule has 0 aliphatic carbocycles. The second-order valence-corrected chi connectivity index (χ2v) is 5.72. The fraction of sp³-hybridized carbons (Fsp3) is 0.867. The average Bonchev–Trinajstić information content (AvgIpc) is 2.72. The number of rotatable bonds is 2. The number of nitrogens with zero attached hydrogens (tertiary/aromatic N) is 2. The summed E-state index contributed by atoms with van der Waals surface area (Å²) in [6, 6.07) is 2.63. The van der Waals surface area contributed by atoms with Crippen LogP contribution in [0.1, 0.15) is 51.9 Å². The summed E-state index contributed by atoms with van der Waals surface area (Å²) in [5.74, 6) is 0.0621. The van der Waals surface area contributed by atoms with Crippen molar-refractivity contribution in [3.05, 3.63) is 0 Å². The minimum Gasteiger partial charge on any atom is -0.381 e. The summed E-state index contributed by atoms with van der Waals surface area (Å²) in [5.41, 5.74) is -0.823. The molecule has 2 heterocycles. The molecule has 1 unspecified atom stereocenters. The van der Waals surface area contributed by atoms with Crippen LogP contribution in [0, 0.1) is 16.7 Å². The SMILES string of the molecule is CCC1CCCCCN1C(=O)C1(C#N)CCOCC1. The molecule has 0 bridgehead atoms. The first-order valence-corrected chi connectivity index (χ1v) is 7.53. The maximum Gasteiger partial charge on any atom is 0.243 e. The van der Waals surface area contributed by atoms with Crippen LogP contribution >= 0.6 is 0 Å². The van der Waals surface area contributed by atoms with E-state index in [4.69, 9.17) is 4.74 Å². The maximum atomic E-state index is 12.9. The lowest BCUT2D eigenvalue weighted by molar-refractivity contribution is -0.146. The minimum absolute atomic E-state index is 0.0621. The zero-order chi connectivity index (χ0) is 13.7. The molecule has 2 aliphatic heterocycles. The van der Waals surface area contributed by atoms with Gasteiger partial charge in [-0.1, -0.05) is 19.8 Å². The first-order valence-electron chi connectivity index (χ1n) is 7.53. The Balaban J connectivity index is 2.17. The Morgan fingerprint density at radius 3 is 2.74 bits per heavy atom. The van der Waals surface area contributed by atoms with Crippen molar-refractivity contribution < 1.29 is 9.53 Å². The molecule has 19 heavy (non-hydrogen) atoms. The summed E-state index contributed by atoms with van der Waals surface area (Å²) >= 11 is 0. The second-order valence-electron chi connectivity index (χ2n) is 5.72. The highest BCUT2D eigenvalue weighted by Gasteiger charge is 2.44. The average molecular weight is 264 g/mol. The predicted molar refractivity (Wildman–Crippen MR) is 72.4 cm³/mol. The second kappa shape index (κ2) is 6.38. The number of ether oxygens (including phenoxy) is 1. The van der Waals surface area contributed by atoms with Gasteiger partial charge in [0, 0.05) is 25.8 Å². The van der Waals surface area contributed by atoms with Crippen LogP contribution in [0.15, 0.2) is 0 Å². The van der Waals surface area contributed by atoms with Crippen molar-refractivity contribution in [2.45, 2.75) is 57.9 Å². The Labute approximate surface area is 115 Å². The lowest BCUT2D eigenvalue weighted by atomic mass is 9.80. The molecule has 4 nitrogen and oxygen atoms in total. The molecule has 4 heteroatoms. The largest absolute Gasteiger partial charge is 0.381 e. The van der Waals surface area contributed by atoms with Gasteiger partial charge in [0.25, 0.3) is 0 Å². The van der Waals surface area contributed by atoms with Crippen LogP contribution in [-0.2, 0) is 9.53 Å². The van der Waals surface area contributed by atoms with E-state index in [0.29, 0.717) is 32.1 Å². The Morgan fingerprint density at radius 2 is 2.11 bits per heavy atom. The van der Waals surface area contributed by atoms with Crippen LogP contribution in [0.4, 0.5) is 0 Å². The van der Waals surface area contributed by atoms with E-state index in [1.807, 2.05) is 4.90 Å². The van der Waals surface area contributed by atoms with Crippen molar-refractivity contribution in [1.82, 2.24) is 4.90 Å². The molecule has 2 aliphatic rings. The van der Waals surface area contributed by atoms with Crippen LogP contribution in [0.25, 0.3) is 0 Å². The molecule has 0 spiro atoms. The number of carbonyl (C=O) groups excluding carboxylic acids is 1. The van der Waals surface area contributed by atoms with Gasteiger partial charge in [0.15, 0.2) is 0 Å². The number of likely N-dealkylation sites (tertiary alicyclic amines) is 1. The Kier molecular flexibility index (Phi) is 4.81. The van der Waals surface area contributed by atoms with E-state index >= 15 is 0 Å². The molecule has 1 atom stereocenters. The van der Waals surface area contributed by atoms with Crippen molar-refractivity contribution in [2.24, 2.45) is 5.41 Å². The number of amides is 1. The zero-order valence-corrected chi connectivity index (χ0v) is 11.9. The van der Waals surface area contributed by atoms with Crippen molar-refractivity contribution in [3.8, 4) is 6.07 Å². The van der Waals surface area contributed by atoms with E-state index in [2.05, 4.69) is 13.0 Å². The lowest BCUT2D eigenvalue weighted by Gasteiger charge is -2.38. The van der Waals surface area contributed by atoms with Crippen LogP contribution in [0.2, 0.25) is 0 Å². The molecule has 2 rings (SSSR count). The van der Waals surface area contributed by atoms with Crippen LogP contribution < -0.4 is 0 Å². The lowest BCUT2D eigenvalue weighted by Crippen LogP contribution is -2.50. The highest BCUT2D eigenvalue weighted by atomic mass is 16.5. The van der Waals surface area contributed by atoms with E-state index in [1.54, 1.807) is 0 Å². The van der Waals surface area contributed by atoms with E-state index in [9.17, 15) is 10.1 Å². The number of carbonyl (C=O) groups is 1. The third kappa shape index (κ3) is 2.92. The Morgan fingerprint density at radius 1 is 1.37 bits per heavy atom. The van der Waals surface area contributed by atoms with Gasteiger partial charge in [0.1, 0.15) is 5.41 Å². The highest BCUT2D eigenvalue weighted by Crippen LogP contribution is 2.34. The zero-order valence-electron chi connectivity index (χ0n) is 11.9. The third-order valence-electron chi connectivity index (χ3n) is 4.58. The van der Waals surface area contributed by atoms with Crippen molar-refractivity contribution >= 4 is 5.91 Å².